The minimum Gasteiger partial charge on any atom is -0.421 e. The summed E-state index contributed by atoms with van der Waals surface area (Å²) in [6.07, 6.45) is 1.50. The Hall–Kier alpha value is -3.01. The first-order valence-corrected chi connectivity index (χ1v) is 7.13. The third-order valence-corrected chi connectivity index (χ3v) is 3.37. The topological polar surface area (TPSA) is 39.2 Å². The van der Waals surface area contributed by atoms with Crippen LogP contribution in [0.2, 0.25) is 0 Å². The van der Waals surface area contributed by atoms with Crippen molar-refractivity contribution >= 4 is 5.97 Å². The van der Waals surface area contributed by atoms with E-state index in [9.17, 15) is 9.18 Å². The van der Waals surface area contributed by atoms with E-state index >= 15 is 0 Å². The first kappa shape index (κ1) is 14.9. The number of benzene rings is 2. The zero-order valence-electron chi connectivity index (χ0n) is 12.5. The molecule has 0 atom stereocenters. The summed E-state index contributed by atoms with van der Waals surface area (Å²) in [5, 5.41) is 0. The van der Waals surface area contributed by atoms with Gasteiger partial charge in [0.1, 0.15) is 11.6 Å². The first-order chi connectivity index (χ1) is 11.1. The molecule has 3 nitrogen and oxygen atoms in total. The molecule has 3 aromatic rings. The number of hydrogen-bond acceptors (Lipinski definition) is 3. The van der Waals surface area contributed by atoms with Crippen molar-refractivity contribution in [2.75, 3.05) is 0 Å². The molecule has 4 heteroatoms. The van der Waals surface area contributed by atoms with E-state index in [0.717, 1.165) is 11.3 Å². The van der Waals surface area contributed by atoms with E-state index in [4.69, 9.17) is 4.74 Å². The van der Waals surface area contributed by atoms with Crippen LogP contribution in [0.3, 0.4) is 0 Å². The summed E-state index contributed by atoms with van der Waals surface area (Å²) in [5.74, 6) is -0.601. The van der Waals surface area contributed by atoms with Crippen LogP contribution < -0.4 is 4.74 Å². The molecule has 1 heterocycles. The minimum absolute atomic E-state index is 0.286. The lowest BCUT2D eigenvalue weighted by atomic mass is 10.1. The molecule has 23 heavy (non-hydrogen) atoms. The van der Waals surface area contributed by atoms with E-state index in [-0.39, 0.29) is 5.56 Å². The Bertz CT molecular complexity index is 809. The Morgan fingerprint density at radius 2 is 1.65 bits per heavy atom. The summed E-state index contributed by atoms with van der Waals surface area (Å²) in [6, 6.07) is 16.7. The highest BCUT2D eigenvalue weighted by molar-refractivity contribution is 5.90. The quantitative estimate of drug-likeness (QED) is 0.673. The molecule has 0 fully saturated rings. The lowest BCUT2D eigenvalue weighted by molar-refractivity contribution is 0.0734. The van der Waals surface area contributed by atoms with Crippen LogP contribution in [0.1, 0.15) is 15.9 Å². The Kier molecular flexibility index (Phi) is 4.15. The van der Waals surface area contributed by atoms with Gasteiger partial charge in [-0.15, -0.1) is 0 Å². The Morgan fingerprint density at radius 1 is 0.957 bits per heavy atom. The van der Waals surface area contributed by atoms with Crippen LogP contribution in [0.15, 0.2) is 66.9 Å². The van der Waals surface area contributed by atoms with Gasteiger partial charge in [-0.05, 0) is 43.3 Å². The average Bonchev–Trinajstić information content (AvgIpc) is 2.57. The SMILES string of the molecule is Cc1ccc(-c2ccc(OC(=O)c3ccc(F)cc3)cn2)cc1. The second-order valence-electron chi connectivity index (χ2n) is 5.14. The molecule has 2 aromatic carbocycles. The zero-order chi connectivity index (χ0) is 16.2. The van der Waals surface area contributed by atoms with Crippen molar-refractivity contribution in [2.45, 2.75) is 6.92 Å². The largest absolute Gasteiger partial charge is 0.421 e. The Labute approximate surface area is 133 Å². The van der Waals surface area contributed by atoms with E-state index in [2.05, 4.69) is 4.98 Å². The van der Waals surface area contributed by atoms with E-state index in [0.29, 0.717) is 5.75 Å². The third-order valence-electron chi connectivity index (χ3n) is 3.37. The molecule has 0 N–H and O–H groups in total. The van der Waals surface area contributed by atoms with Gasteiger partial charge in [-0.1, -0.05) is 29.8 Å². The standard InChI is InChI=1S/C19H14FNO2/c1-13-2-4-14(5-3-13)18-11-10-17(12-21-18)23-19(22)15-6-8-16(20)9-7-15/h2-12H,1H3. The van der Waals surface area contributed by atoms with Gasteiger partial charge in [-0.25, -0.2) is 9.18 Å². The molecule has 1 aromatic heterocycles. The summed E-state index contributed by atoms with van der Waals surface area (Å²) >= 11 is 0. The monoisotopic (exact) mass is 307 g/mol. The van der Waals surface area contributed by atoms with Gasteiger partial charge in [0.05, 0.1) is 17.5 Å². The molecule has 0 unspecified atom stereocenters. The molecule has 0 aliphatic heterocycles. The highest BCUT2D eigenvalue weighted by Gasteiger charge is 2.09. The van der Waals surface area contributed by atoms with Crippen molar-refractivity contribution in [2.24, 2.45) is 0 Å². The van der Waals surface area contributed by atoms with E-state index in [1.165, 1.54) is 36.0 Å². The minimum atomic E-state index is -0.546. The number of aryl methyl sites for hydroxylation is 1. The molecular weight excluding hydrogens is 293 g/mol. The third kappa shape index (κ3) is 3.61. The predicted octanol–water partition coefficient (Wildman–Crippen LogP) is 4.42. The van der Waals surface area contributed by atoms with Crippen molar-refractivity contribution in [1.82, 2.24) is 4.98 Å². The Morgan fingerprint density at radius 3 is 2.26 bits per heavy atom. The maximum atomic E-state index is 12.8. The number of aromatic nitrogens is 1. The Balaban J connectivity index is 1.73. The second kappa shape index (κ2) is 6.40. The van der Waals surface area contributed by atoms with Gasteiger partial charge >= 0.3 is 5.97 Å². The molecule has 0 amide bonds. The molecule has 0 saturated carbocycles. The molecule has 0 aliphatic rings. The van der Waals surface area contributed by atoms with Crippen LogP contribution in [-0.2, 0) is 0 Å². The summed E-state index contributed by atoms with van der Waals surface area (Å²) in [7, 11) is 0. The molecule has 0 bridgehead atoms. The fraction of sp³-hybridized carbons (Fsp3) is 0.0526. The number of esters is 1. The van der Waals surface area contributed by atoms with Gasteiger partial charge in [0.25, 0.3) is 0 Å². The van der Waals surface area contributed by atoms with Gasteiger partial charge in [0.15, 0.2) is 0 Å². The van der Waals surface area contributed by atoms with Gasteiger partial charge in [0.2, 0.25) is 0 Å². The fourth-order valence-corrected chi connectivity index (χ4v) is 2.09. The number of carbonyl (C=O) groups excluding carboxylic acids is 1. The number of ether oxygens (including phenoxy) is 1. The maximum Gasteiger partial charge on any atom is 0.343 e. The smallest absolute Gasteiger partial charge is 0.343 e. The van der Waals surface area contributed by atoms with E-state index in [1.807, 2.05) is 31.2 Å². The van der Waals surface area contributed by atoms with Crippen molar-refractivity contribution < 1.29 is 13.9 Å². The summed E-state index contributed by atoms with van der Waals surface area (Å²) in [5.41, 5.74) is 3.26. The van der Waals surface area contributed by atoms with Crippen LogP contribution in [0, 0.1) is 12.7 Å². The highest BCUT2D eigenvalue weighted by atomic mass is 19.1. The highest BCUT2D eigenvalue weighted by Crippen LogP contribution is 2.20. The van der Waals surface area contributed by atoms with Crippen molar-refractivity contribution in [3.8, 4) is 17.0 Å². The number of carbonyl (C=O) groups is 1. The molecule has 0 saturated heterocycles. The van der Waals surface area contributed by atoms with Gasteiger partial charge in [-0.2, -0.15) is 0 Å². The lowest BCUT2D eigenvalue weighted by Crippen LogP contribution is -2.08. The molecule has 114 valence electrons. The van der Waals surface area contributed by atoms with Crippen LogP contribution in [0.4, 0.5) is 4.39 Å². The van der Waals surface area contributed by atoms with Crippen LogP contribution in [0.5, 0.6) is 5.75 Å². The molecular formula is C19H14FNO2. The van der Waals surface area contributed by atoms with Gasteiger partial charge < -0.3 is 4.74 Å². The number of rotatable bonds is 3. The second-order valence-corrected chi connectivity index (χ2v) is 5.14. The first-order valence-electron chi connectivity index (χ1n) is 7.13. The van der Waals surface area contributed by atoms with Crippen molar-refractivity contribution in [3.63, 3.8) is 0 Å². The maximum absolute atomic E-state index is 12.8. The fourth-order valence-electron chi connectivity index (χ4n) is 2.09. The lowest BCUT2D eigenvalue weighted by Gasteiger charge is -2.06. The predicted molar refractivity (Wildman–Crippen MR) is 85.8 cm³/mol. The van der Waals surface area contributed by atoms with Crippen LogP contribution in [-0.4, -0.2) is 11.0 Å². The van der Waals surface area contributed by atoms with Gasteiger partial charge in [-0.3, -0.25) is 4.98 Å². The van der Waals surface area contributed by atoms with Gasteiger partial charge in [0, 0.05) is 5.56 Å². The van der Waals surface area contributed by atoms with Crippen LogP contribution >= 0.6 is 0 Å². The summed E-state index contributed by atoms with van der Waals surface area (Å²) in [4.78, 5) is 16.2. The van der Waals surface area contributed by atoms with E-state index in [1.54, 1.807) is 12.1 Å². The summed E-state index contributed by atoms with van der Waals surface area (Å²) in [6.45, 7) is 2.02. The average molecular weight is 307 g/mol. The number of pyridine rings is 1. The molecule has 0 radical (unpaired) electrons. The van der Waals surface area contributed by atoms with Crippen molar-refractivity contribution in [3.05, 3.63) is 83.8 Å². The van der Waals surface area contributed by atoms with E-state index < -0.39 is 11.8 Å². The number of hydrogen-bond donors (Lipinski definition) is 0. The number of nitrogens with zero attached hydrogens (tertiary/aromatic N) is 1. The molecule has 3 rings (SSSR count). The molecule has 0 aliphatic carbocycles. The normalized spacial score (nSPS) is 10.3. The van der Waals surface area contributed by atoms with Crippen molar-refractivity contribution in [1.29, 1.82) is 0 Å². The molecule has 0 spiro atoms. The zero-order valence-corrected chi connectivity index (χ0v) is 12.5. The van der Waals surface area contributed by atoms with Crippen LogP contribution in [0.25, 0.3) is 11.3 Å². The summed E-state index contributed by atoms with van der Waals surface area (Å²) < 4.78 is 18.1. The number of halogens is 1.